The van der Waals surface area contributed by atoms with E-state index in [1.165, 1.54) is 123 Å². The van der Waals surface area contributed by atoms with Gasteiger partial charge in [-0.25, -0.2) is 0 Å². The van der Waals surface area contributed by atoms with Crippen LogP contribution in [0.2, 0.25) is 0 Å². The van der Waals surface area contributed by atoms with E-state index in [4.69, 9.17) is 0 Å². The van der Waals surface area contributed by atoms with Crippen LogP contribution in [-0.2, 0) is 0 Å². The molecule has 0 radical (unpaired) electrons. The van der Waals surface area contributed by atoms with Gasteiger partial charge in [0, 0.05) is 34.1 Å². The molecule has 2 aliphatic heterocycles. The summed E-state index contributed by atoms with van der Waals surface area (Å²) >= 11 is 0. The Morgan fingerprint density at radius 3 is 0.985 bits per heavy atom. The Morgan fingerprint density at radius 1 is 0.279 bits per heavy atom. The summed E-state index contributed by atoms with van der Waals surface area (Å²) in [4.78, 5) is 5.17. The SMILES string of the molecule is Cc1cc(C)c(-c2cc3c4c(c2)N(c2cc(-c5ccccc5)cc(-c5ccccc5)c2)c2ccc(C)cc2B4c2cc(C)ccc2N3c2cc(-c3ccccc3)cc(-c3ccccc3)c2)c(C)c1. The highest BCUT2D eigenvalue weighted by atomic mass is 15.2. The molecule has 0 saturated carbocycles. The van der Waals surface area contributed by atoms with Crippen molar-refractivity contribution in [2.75, 3.05) is 9.80 Å². The van der Waals surface area contributed by atoms with Gasteiger partial charge >= 0.3 is 0 Å². The van der Waals surface area contributed by atoms with E-state index in [1.807, 2.05) is 0 Å². The molecule has 0 aromatic heterocycles. The Bertz CT molecular complexity index is 3220. The Labute approximate surface area is 401 Å². The van der Waals surface area contributed by atoms with Gasteiger partial charge in [-0.15, -0.1) is 0 Å². The maximum atomic E-state index is 2.58. The summed E-state index contributed by atoms with van der Waals surface area (Å²) in [5.41, 5.74) is 29.3. The summed E-state index contributed by atoms with van der Waals surface area (Å²) in [5, 5.41) is 0. The van der Waals surface area contributed by atoms with Crippen molar-refractivity contribution in [2.24, 2.45) is 0 Å². The van der Waals surface area contributed by atoms with Gasteiger partial charge in [-0.1, -0.05) is 174 Å². The molecule has 0 spiro atoms. The van der Waals surface area contributed by atoms with Gasteiger partial charge in [0.1, 0.15) is 0 Å². The summed E-state index contributed by atoms with van der Waals surface area (Å²) in [6, 6.07) is 81.6. The number of hydrogen-bond donors (Lipinski definition) is 0. The van der Waals surface area contributed by atoms with Crippen molar-refractivity contribution in [3.63, 3.8) is 0 Å². The van der Waals surface area contributed by atoms with Crippen LogP contribution in [0.1, 0.15) is 27.8 Å². The summed E-state index contributed by atoms with van der Waals surface area (Å²) in [6.45, 7) is 11.2. The van der Waals surface area contributed by atoms with E-state index in [-0.39, 0.29) is 6.71 Å². The van der Waals surface area contributed by atoms with E-state index in [1.54, 1.807) is 0 Å². The molecule has 68 heavy (non-hydrogen) atoms. The van der Waals surface area contributed by atoms with E-state index >= 15 is 0 Å². The zero-order chi connectivity index (χ0) is 46.0. The number of benzene rings is 10. The maximum absolute atomic E-state index is 2.58. The molecule has 10 aromatic carbocycles. The quantitative estimate of drug-likeness (QED) is 0.147. The predicted octanol–water partition coefficient (Wildman–Crippen LogP) is 15.6. The molecule has 0 aliphatic carbocycles. The Balaban J connectivity index is 1.21. The fraction of sp³-hybridized carbons (Fsp3) is 0.0769. The third kappa shape index (κ3) is 7.14. The van der Waals surface area contributed by atoms with Gasteiger partial charge in [0.05, 0.1) is 0 Å². The second kappa shape index (κ2) is 16.6. The lowest BCUT2D eigenvalue weighted by Crippen LogP contribution is -2.61. The first-order chi connectivity index (χ1) is 33.3. The smallest absolute Gasteiger partial charge is 0.252 e. The fourth-order valence-electron chi connectivity index (χ4n) is 11.3. The average Bonchev–Trinajstić information content (AvgIpc) is 3.37. The number of rotatable bonds is 7. The molecule has 2 nitrogen and oxygen atoms in total. The lowest BCUT2D eigenvalue weighted by atomic mass is 9.33. The largest absolute Gasteiger partial charge is 0.311 e. The van der Waals surface area contributed by atoms with Crippen molar-refractivity contribution in [2.45, 2.75) is 34.6 Å². The number of aryl methyl sites for hydroxylation is 5. The van der Waals surface area contributed by atoms with Gasteiger partial charge in [0.2, 0.25) is 0 Å². The van der Waals surface area contributed by atoms with E-state index in [9.17, 15) is 0 Å². The van der Waals surface area contributed by atoms with Gasteiger partial charge in [-0.05, 0) is 178 Å². The van der Waals surface area contributed by atoms with Crippen molar-refractivity contribution < 1.29 is 0 Å². The van der Waals surface area contributed by atoms with Crippen molar-refractivity contribution in [1.29, 1.82) is 0 Å². The van der Waals surface area contributed by atoms with Gasteiger partial charge in [-0.3, -0.25) is 0 Å². The minimum absolute atomic E-state index is 0.0108. The van der Waals surface area contributed by atoms with Crippen LogP contribution in [0.4, 0.5) is 34.1 Å². The van der Waals surface area contributed by atoms with Crippen molar-refractivity contribution in [3.05, 3.63) is 246 Å². The first-order valence-electron chi connectivity index (χ1n) is 23.8. The third-order valence-electron chi connectivity index (χ3n) is 14.1. The van der Waals surface area contributed by atoms with Gasteiger partial charge < -0.3 is 9.80 Å². The Kier molecular flexibility index (Phi) is 10.1. The van der Waals surface area contributed by atoms with E-state index in [2.05, 4.69) is 263 Å². The molecular weight excluding hydrogens is 820 g/mol. The zero-order valence-electron chi connectivity index (χ0n) is 39.3. The molecule has 3 heteroatoms. The molecule has 0 N–H and O–H groups in total. The topological polar surface area (TPSA) is 6.48 Å². The first-order valence-corrected chi connectivity index (χ1v) is 23.8. The highest BCUT2D eigenvalue weighted by Gasteiger charge is 2.44. The first kappa shape index (κ1) is 41.3. The van der Waals surface area contributed by atoms with Crippen LogP contribution in [0, 0.1) is 34.6 Å². The Morgan fingerprint density at radius 2 is 0.632 bits per heavy atom. The maximum Gasteiger partial charge on any atom is 0.252 e. The molecule has 2 heterocycles. The van der Waals surface area contributed by atoms with Crippen LogP contribution in [0.5, 0.6) is 0 Å². The summed E-state index contributed by atoms with van der Waals surface area (Å²) in [7, 11) is 0. The summed E-state index contributed by atoms with van der Waals surface area (Å²) < 4.78 is 0. The van der Waals surface area contributed by atoms with Crippen LogP contribution < -0.4 is 26.2 Å². The second-order valence-electron chi connectivity index (χ2n) is 18.9. The predicted molar refractivity (Wildman–Crippen MR) is 291 cm³/mol. The highest BCUT2D eigenvalue weighted by molar-refractivity contribution is 7.00. The number of fused-ring (bicyclic) bond motifs is 4. The summed E-state index contributed by atoms with van der Waals surface area (Å²) in [5.74, 6) is 0. The Hall–Kier alpha value is -8.14. The number of nitrogens with zero attached hydrogens (tertiary/aromatic N) is 2. The molecule has 0 fully saturated rings. The third-order valence-corrected chi connectivity index (χ3v) is 14.1. The van der Waals surface area contributed by atoms with Crippen LogP contribution in [0.25, 0.3) is 55.6 Å². The van der Waals surface area contributed by atoms with Crippen LogP contribution >= 0.6 is 0 Å². The highest BCUT2D eigenvalue weighted by Crippen LogP contribution is 2.49. The molecular formula is C65H51BN2. The molecule has 324 valence electrons. The van der Waals surface area contributed by atoms with E-state index in [0.717, 1.165) is 11.4 Å². The molecule has 0 atom stereocenters. The van der Waals surface area contributed by atoms with Crippen molar-refractivity contribution in [3.8, 4) is 55.6 Å². The molecule has 2 aliphatic rings. The van der Waals surface area contributed by atoms with Crippen LogP contribution in [0.15, 0.2) is 218 Å². The molecule has 0 bridgehead atoms. The molecule has 0 amide bonds. The average molecular weight is 871 g/mol. The lowest BCUT2D eigenvalue weighted by Gasteiger charge is -2.45. The van der Waals surface area contributed by atoms with Gasteiger partial charge in [0.25, 0.3) is 6.71 Å². The van der Waals surface area contributed by atoms with E-state index < -0.39 is 0 Å². The fourth-order valence-corrected chi connectivity index (χ4v) is 11.3. The minimum Gasteiger partial charge on any atom is -0.311 e. The van der Waals surface area contributed by atoms with Gasteiger partial charge in [0.15, 0.2) is 0 Å². The molecule has 0 saturated heterocycles. The zero-order valence-corrected chi connectivity index (χ0v) is 39.3. The van der Waals surface area contributed by atoms with Gasteiger partial charge in [-0.2, -0.15) is 0 Å². The monoisotopic (exact) mass is 870 g/mol. The standard InChI is InChI=1S/C65H51BN2/c1-42-26-28-60-58(32-42)66-59-33-43(2)27-29-61(59)68(57-38-53(49-22-14-8-15-23-49)35-54(39-57)50-24-16-9-17-25-50)63-41-55(64-45(4)30-44(3)31-46(64)5)40-62(65(63)66)67(60)56-36-51(47-18-10-6-11-19-47)34-52(37-56)48-20-12-7-13-21-48/h6-41H,1-5H3. The normalized spacial score (nSPS) is 12.4. The second-order valence-corrected chi connectivity index (χ2v) is 18.9. The summed E-state index contributed by atoms with van der Waals surface area (Å²) in [6.07, 6.45) is 0. The molecule has 0 unspecified atom stereocenters. The molecule has 12 rings (SSSR count). The minimum atomic E-state index is -0.0108. The lowest BCUT2D eigenvalue weighted by molar-refractivity contribution is 1.24. The van der Waals surface area contributed by atoms with Crippen molar-refractivity contribution >= 4 is 57.2 Å². The van der Waals surface area contributed by atoms with Crippen LogP contribution in [0.3, 0.4) is 0 Å². The number of hydrogen-bond acceptors (Lipinski definition) is 2. The van der Waals surface area contributed by atoms with Crippen molar-refractivity contribution in [1.82, 2.24) is 0 Å². The number of anilines is 6. The van der Waals surface area contributed by atoms with E-state index in [0.29, 0.717) is 0 Å². The van der Waals surface area contributed by atoms with Crippen LogP contribution in [-0.4, -0.2) is 6.71 Å². The molecule has 10 aromatic rings.